The number of nitrogens with zero attached hydrogens (tertiary/aromatic N) is 1. The molecule has 1 aromatic rings. The number of cyclic esters (lactones) is 1. The van der Waals surface area contributed by atoms with Gasteiger partial charge in [-0.3, -0.25) is 9.69 Å². The Bertz CT molecular complexity index is 525. The van der Waals surface area contributed by atoms with Gasteiger partial charge in [-0.05, 0) is 18.2 Å². The van der Waals surface area contributed by atoms with E-state index in [2.05, 4.69) is 14.6 Å². The number of amides is 2. The molecule has 0 saturated carbocycles. The van der Waals surface area contributed by atoms with Gasteiger partial charge in [-0.15, -0.1) is 9.24 Å². The molecule has 1 aliphatic rings. The van der Waals surface area contributed by atoms with Crippen LogP contribution in [0, 0.1) is 5.82 Å². The van der Waals surface area contributed by atoms with Crippen molar-refractivity contribution in [3.8, 4) is 0 Å². The predicted molar refractivity (Wildman–Crippen MR) is 83.4 cm³/mol. The van der Waals surface area contributed by atoms with Gasteiger partial charge in [0.1, 0.15) is 11.9 Å². The number of hydrogen-bond donors (Lipinski definition) is 1. The van der Waals surface area contributed by atoms with Crippen LogP contribution < -0.4 is 15.5 Å². The fraction of sp³-hybridized carbons (Fsp3) is 0.429. The Morgan fingerprint density at radius 3 is 2.76 bits per heavy atom. The van der Waals surface area contributed by atoms with Crippen molar-refractivity contribution < 1.29 is 18.7 Å². The van der Waals surface area contributed by atoms with E-state index in [1.807, 2.05) is 13.8 Å². The van der Waals surface area contributed by atoms with Crippen molar-refractivity contribution in [3.05, 3.63) is 24.0 Å². The number of hydrogen-bond acceptors (Lipinski definition) is 3. The maximum Gasteiger partial charge on any atom is 0.414 e. The van der Waals surface area contributed by atoms with Gasteiger partial charge in [-0.2, -0.15) is 0 Å². The molecule has 1 aromatic carbocycles. The van der Waals surface area contributed by atoms with E-state index in [1.54, 1.807) is 6.07 Å². The first-order valence-corrected chi connectivity index (χ1v) is 7.32. The Balaban J connectivity index is 0.00000106. The molecule has 1 fully saturated rings. The second-order valence-electron chi connectivity index (χ2n) is 4.26. The molecular formula is C14H20FN2O3P. The molecule has 2 amide bonds. The molecule has 1 aliphatic heterocycles. The first kappa shape index (κ1) is 17.4. The molecule has 0 spiro atoms. The van der Waals surface area contributed by atoms with Gasteiger partial charge in [-0.25, -0.2) is 9.18 Å². The molecule has 0 radical (unpaired) electrons. The summed E-state index contributed by atoms with van der Waals surface area (Å²) in [4.78, 5) is 23.9. The maximum atomic E-state index is 13.2. The smallest absolute Gasteiger partial charge is 0.414 e. The van der Waals surface area contributed by atoms with Crippen LogP contribution in [0.4, 0.5) is 14.9 Å². The number of carbonyl (C=O) groups is 2. The van der Waals surface area contributed by atoms with Crippen LogP contribution in [-0.4, -0.2) is 31.2 Å². The number of benzene rings is 1. The number of ether oxygens (including phenoxy) is 1. The van der Waals surface area contributed by atoms with Gasteiger partial charge in [0.2, 0.25) is 5.91 Å². The van der Waals surface area contributed by atoms with Gasteiger partial charge in [0.05, 0.1) is 13.1 Å². The second kappa shape index (κ2) is 7.93. The van der Waals surface area contributed by atoms with Crippen molar-refractivity contribution in [1.82, 2.24) is 5.32 Å². The van der Waals surface area contributed by atoms with Crippen molar-refractivity contribution in [3.63, 3.8) is 0 Å². The highest BCUT2D eigenvalue weighted by Gasteiger charge is 2.32. The topological polar surface area (TPSA) is 58.6 Å². The Kier molecular flexibility index (Phi) is 6.56. The molecular weight excluding hydrogens is 294 g/mol. The van der Waals surface area contributed by atoms with Crippen molar-refractivity contribution in [2.24, 2.45) is 0 Å². The molecule has 0 aromatic heterocycles. The molecule has 7 heteroatoms. The molecule has 2 atom stereocenters. The largest absolute Gasteiger partial charge is 0.442 e. The summed E-state index contributed by atoms with van der Waals surface area (Å²) in [6.07, 6.45) is -0.888. The summed E-state index contributed by atoms with van der Waals surface area (Å²) in [6.45, 7) is 6.00. The van der Waals surface area contributed by atoms with E-state index >= 15 is 0 Å². The summed E-state index contributed by atoms with van der Waals surface area (Å²) in [5.74, 6) is -0.528. The van der Waals surface area contributed by atoms with Crippen molar-refractivity contribution in [2.45, 2.75) is 26.9 Å². The standard InChI is InChI=1S/C12H14FN2O3P.C2H6/c1-7(16)14-5-9-6-15(12(17)18-9)8-2-3-10(13)11(19)4-8;1-2/h2-4,9H,5-6,19H2,1H3,(H,14,16);1-2H3. The van der Waals surface area contributed by atoms with Gasteiger partial charge >= 0.3 is 6.09 Å². The molecule has 1 N–H and O–H groups in total. The van der Waals surface area contributed by atoms with Gasteiger partial charge in [0.15, 0.2) is 0 Å². The molecule has 21 heavy (non-hydrogen) atoms. The molecule has 0 aliphatic carbocycles. The average Bonchev–Trinajstić information content (AvgIpc) is 2.83. The van der Waals surface area contributed by atoms with E-state index in [1.165, 1.54) is 24.0 Å². The molecule has 5 nitrogen and oxygen atoms in total. The lowest BCUT2D eigenvalue weighted by molar-refractivity contribution is -0.119. The predicted octanol–water partition coefficient (Wildman–Crippen LogP) is 1.81. The summed E-state index contributed by atoms with van der Waals surface area (Å²) in [5, 5.41) is 2.98. The molecule has 0 bridgehead atoms. The lowest BCUT2D eigenvalue weighted by atomic mass is 10.2. The molecule has 2 rings (SSSR count). The monoisotopic (exact) mass is 314 g/mol. The third-order valence-electron chi connectivity index (χ3n) is 2.74. The minimum absolute atomic E-state index is 0.177. The summed E-state index contributed by atoms with van der Waals surface area (Å²) in [7, 11) is 2.27. The first-order chi connectivity index (χ1) is 9.97. The van der Waals surface area contributed by atoms with Crippen LogP contribution in [-0.2, 0) is 9.53 Å². The zero-order chi connectivity index (χ0) is 16.0. The summed E-state index contributed by atoms with van der Waals surface area (Å²) >= 11 is 0. The third-order valence-corrected chi connectivity index (χ3v) is 3.19. The normalized spacial score (nSPS) is 16.9. The zero-order valence-corrected chi connectivity index (χ0v) is 13.5. The van der Waals surface area contributed by atoms with E-state index in [0.717, 1.165) is 0 Å². The Labute approximate surface area is 126 Å². The minimum atomic E-state index is -0.494. The Morgan fingerprint density at radius 2 is 2.19 bits per heavy atom. The number of halogens is 1. The van der Waals surface area contributed by atoms with Crippen LogP contribution in [0.5, 0.6) is 0 Å². The first-order valence-electron chi connectivity index (χ1n) is 6.75. The van der Waals surface area contributed by atoms with Crippen molar-refractivity contribution >= 4 is 32.2 Å². The molecule has 2 unspecified atom stereocenters. The van der Waals surface area contributed by atoms with Gasteiger partial charge < -0.3 is 10.1 Å². The van der Waals surface area contributed by atoms with Crippen molar-refractivity contribution in [2.75, 3.05) is 18.0 Å². The van der Waals surface area contributed by atoms with Crippen molar-refractivity contribution in [1.29, 1.82) is 0 Å². The van der Waals surface area contributed by atoms with E-state index in [-0.39, 0.29) is 18.3 Å². The summed E-state index contributed by atoms with van der Waals surface area (Å²) in [5.41, 5.74) is 0.571. The summed E-state index contributed by atoms with van der Waals surface area (Å²) in [6, 6.07) is 4.37. The highest BCUT2D eigenvalue weighted by Crippen LogP contribution is 2.21. The second-order valence-corrected chi connectivity index (χ2v) is 4.88. The van der Waals surface area contributed by atoms with Gasteiger partial charge in [0, 0.05) is 17.9 Å². The summed E-state index contributed by atoms with van der Waals surface area (Å²) < 4.78 is 18.3. The maximum absolute atomic E-state index is 13.2. The van der Waals surface area contributed by atoms with E-state index in [0.29, 0.717) is 17.5 Å². The molecule has 1 heterocycles. The number of carbonyl (C=O) groups excluding carboxylic acids is 2. The molecule has 116 valence electrons. The zero-order valence-electron chi connectivity index (χ0n) is 12.4. The van der Waals surface area contributed by atoms with Crippen LogP contribution in [0.25, 0.3) is 0 Å². The van der Waals surface area contributed by atoms with Crippen LogP contribution in [0.15, 0.2) is 18.2 Å². The number of rotatable bonds is 3. The van der Waals surface area contributed by atoms with E-state index < -0.39 is 12.2 Å². The van der Waals surface area contributed by atoms with Gasteiger partial charge in [0.25, 0.3) is 0 Å². The average molecular weight is 314 g/mol. The highest BCUT2D eigenvalue weighted by molar-refractivity contribution is 7.27. The van der Waals surface area contributed by atoms with Crippen LogP contribution in [0.3, 0.4) is 0 Å². The lowest BCUT2D eigenvalue weighted by Crippen LogP contribution is -2.33. The van der Waals surface area contributed by atoms with E-state index in [9.17, 15) is 14.0 Å². The highest BCUT2D eigenvalue weighted by atomic mass is 31.0. The minimum Gasteiger partial charge on any atom is -0.442 e. The lowest BCUT2D eigenvalue weighted by Gasteiger charge is -2.13. The number of anilines is 1. The third kappa shape index (κ3) is 4.67. The SMILES string of the molecule is CC.CC(=O)NCC1CN(c2ccc(F)c(P)c2)C(=O)O1. The number of nitrogens with one attached hydrogen (secondary N) is 1. The Hall–Kier alpha value is -1.68. The van der Waals surface area contributed by atoms with E-state index in [4.69, 9.17) is 4.74 Å². The van der Waals surface area contributed by atoms with Gasteiger partial charge in [-0.1, -0.05) is 13.8 Å². The fourth-order valence-electron chi connectivity index (χ4n) is 1.80. The van der Waals surface area contributed by atoms with Crippen LogP contribution >= 0.6 is 9.24 Å². The molecule has 1 saturated heterocycles. The fourth-order valence-corrected chi connectivity index (χ4v) is 2.06. The Morgan fingerprint density at radius 1 is 1.52 bits per heavy atom. The van der Waals surface area contributed by atoms with Crippen LogP contribution in [0.2, 0.25) is 0 Å². The quantitative estimate of drug-likeness (QED) is 0.866. The van der Waals surface area contributed by atoms with Crippen LogP contribution in [0.1, 0.15) is 20.8 Å².